The van der Waals surface area contributed by atoms with Gasteiger partial charge in [-0.05, 0) is 54.3 Å². The molecule has 1 saturated heterocycles. The molecule has 2 aromatic carbocycles. The van der Waals surface area contributed by atoms with Gasteiger partial charge >= 0.3 is 0 Å². The number of ether oxygens (including phenoxy) is 1. The van der Waals surface area contributed by atoms with Crippen LogP contribution < -0.4 is 4.74 Å². The molecule has 1 unspecified atom stereocenters. The predicted molar refractivity (Wildman–Crippen MR) is 144 cm³/mol. The highest BCUT2D eigenvalue weighted by Crippen LogP contribution is 2.41. The van der Waals surface area contributed by atoms with E-state index in [4.69, 9.17) is 4.74 Å². The van der Waals surface area contributed by atoms with Gasteiger partial charge in [0.05, 0.1) is 18.7 Å². The summed E-state index contributed by atoms with van der Waals surface area (Å²) in [4.78, 5) is 30.1. The van der Waals surface area contributed by atoms with E-state index in [0.29, 0.717) is 24.4 Å². The molecule has 1 N–H and O–H groups in total. The molecule has 0 saturated carbocycles. The van der Waals surface area contributed by atoms with Crippen LogP contribution in [0.5, 0.6) is 5.75 Å². The highest BCUT2D eigenvalue weighted by Gasteiger charge is 2.46. The lowest BCUT2D eigenvalue weighted by Crippen LogP contribution is -2.35. The van der Waals surface area contributed by atoms with Gasteiger partial charge in [-0.2, -0.15) is 0 Å². The van der Waals surface area contributed by atoms with Crippen molar-refractivity contribution in [1.29, 1.82) is 0 Å². The van der Waals surface area contributed by atoms with Crippen molar-refractivity contribution in [3.63, 3.8) is 0 Å². The maximum Gasteiger partial charge on any atom is 0.295 e. The third kappa shape index (κ3) is 5.49. The van der Waals surface area contributed by atoms with Gasteiger partial charge in [-0.3, -0.25) is 9.59 Å². The van der Waals surface area contributed by atoms with Crippen molar-refractivity contribution >= 4 is 17.4 Å². The van der Waals surface area contributed by atoms with Gasteiger partial charge in [-0.15, -0.1) is 0 Å². The van der Waals surface area contributed by atoms with Gasteiger partial charge in [-0.1, -0.05) is 65.8 Å². The average Bonchev–Trinajstić information content (AvgIpc) is 3.05. The van der Waals surface area contributed by atoms with E-state index in [9.17, 15) is 14.7 Å². The molecule has 1 aliphatic heterocycles. The van der Waals surface area contributed by atoms with E-state index in [2.05, 4.69) is 41.5 Å². The Labute approximate surface area is 215 Å². The predicted octanol–water partition coefficient (Wildman–Crippen LogP) is 5.27. The van der Waals surface area contributed by atoms with Crippen molar-refractivity contribution in [2.75, 3.05) is 34.3 Å². The first-order chi connectivity index (χ1) is 16.7. The van der Waals surface area contributed by atoms with Crippen LogP contribution in [0.4, 0.5) is 0 Å². The van der Waals surface area contributed by atoms with E-state index in [1.807, 2.05) is 49.3 Å². The summed E-state index contributed by atoms with van der Waals surface area (Å²) in [5, 5.41) is 11.5. The summed E-state index contributed by atoms with van der Waals surface area (Å²) >= 11 is 0. The van der Waals surface area contributed by atoms with E-state index in [-0.39, 0.29) is 22.2 Å². The second kappa shape index (κ2) is 10.1. The van der Waals surface area contributed by atoms with E-state index in [1.54, 1.807) is 24.1 Å². The number of benzene rings is 2. The van der Waals surface area contributed by atoms with Crippen LogP contribution in [-0.4, -0.2) is 60.9 Å². The van der Waals surface area contributed by atoms with Crippen LogP contribution in [0, 0.1) is 0 Å². The second-order valence-corrected chi connectivity index (χ2v) is 11.8. The third-order valence-electron chi connectivity index (χ3n) is 6.70. The summed E-state index contributed by atoms with van der Waals surface area (Å²) in [6.07, 6.45) is 0. The largest absolute Gasteiger partial charge is 0.507 e. The summed E-state index contributed by atoms with van der Waals surface area (Å²) < 4.78 is 5.54. The van der Waals surface area contributed by atoms with Crippen LogP contribution in [0.2, 0.25) is 0 Å². The Bertz CT molecular complexity index is 1160. The number of methoxy groups -OCH3 is 1. The average molecular weight is 493 g/mol. The minimum absolute atomic E-state index is 0.0300. The van der Waals surface area contributed by atoms with E-state index >= 15 is 0 Å². The van der Waals surface area contributed by atoms with Gasteiger partial charge in [-0.25, -0.2) is 0 Å². The van der Waals surface area contributed by atoms with Crippen LogP contribution in [-0.2, 0) is 20.4 Å². The lowest BCUT2D eigenvalue weighted by Gasteiger charge is -2.27. The molecule has 3 rings (SSSR count). The highest BCUT2D eigenvalue weighted by molar-refractivity contribution is 6.46. The van der Waals surface area contributed by atoms with E-state index in [0.717, 1.165) is 16.7 Å². The standard InChI is InChI=1S/C30H40N2O4/c1-29(2,3)21-13-10-19(11-14-21)25-24(27(34)28(35)32(25)17-16-31(7)8)26(33)20-12-15-23(36-9)22(18-20)30(4,5)6/h10-15,18,25,33H,16-17H2,1-9H3/b26-24-. The lowest BCUT2D eigenvalue weighted by atomic mass is 9.84. The molecule has 194 valence electrons. The third-order valence-corrected chi connectivity index (χ3v) is 6.70. The molecule has 0 aliphatic carbocycles. The zero-order valence-corrected chi connectivity index (χ0v) is 23.1. The first-order valence-electron chi connectivity index (χ1n) is 12.4. The van der Waals surface area contributed by atoms with Crippen molar-refractivity contribution < 1.29 is 19.4 Å². The summed E-state index contributed by atoms with van der Waals surface area (Å²) in [7, 11) is 5.46. The summed E-state index contributed by atoms with van der Waals surface area (Å²) in [6, 6.07) is 12.7. The molecule has 2 aromatic rings. The van der Waals surface area contributed by atoms with Crippen molar-refractivity contribution in [1.82, 2.24) is 9.80 Å². The number of rotatable bonds is 6. The molecule has 1 fully saturated rings. The van der Waals surface area contributed by atoms with Gasteiger partial charge < -0.3 is 19.6 Å². The molecule has 1 aliphatic rings. The molecule has 6 nitrogen and oxygen atoms in total. The smallest absolute Gasteiger partial charge is 0.295 e. The number of carbonyl (C=O) groups excluding carboxylic acids is 2. The second-order valence-electron chi connectivity index (χ2n) is 11.8. The molecule has 1 atom stereocenters. The van der Waals surface area contributed by atoms with Crippen LogP contribution in [0.3, 0.4) is 0 Å². The molecule has 0 aromatic heterocycles. The number of aliphatic hydroxyl groups excluding tert-OH is 1. The summed E-state index contributed by atoms with van der Waals surface area (Å²) in [5.74, 6) is -0.712. The number of likely N-dealkylation sites (N-methyl/N-ethyl adjacent to an activating group) is 1. The van der Waals surface area contributed by atoms with Crippen LogP contribution in [0.1, 0.15) is 69.8 Å². The van der Waals surface area contributed by atoms with Crippen LogP contribution >= 0.6 is 0 Å². The maximum absolute atomic E-state index is 13.3. The molecule has 1 amide bonds. The number of Topliss-reactive ketones (excluding diaryl/α,β-unsaturated/α-hetero) is 1. The number of ketones is 1. The monoisotopic (exact) mass is 492 g/mol. The number of carbonyl (C=O) groups is 2. The quantitative estimate of drug-likeness (QED) is 0.338. The number of hydrogen-bond acceptors (Lipinski definition) is 5. The minimum atomic E-state index is -0.667. The van der Waals surface area contributed by atoms with E-state index in [1.165, 1.54) is 0 Å². The Kier molecular flexibility index (Phi) is 7.70. The van der Waals surface area contributed by atoms with Gasteiger partial charge in [0.1, 0.15) is 11.5 Å². The lowest BCUT2D eigenvalue weighted by molar-refractivity contribution is -0.140. The molecule has 0 spiro atoms. The normalized spacial score (nSPS) is 18.3. The summed E-state index contributed by atoms with van der Waals surface area (Å²) in [5.41, 5.74) is 3.19. The Morgan fingerprint density at radius 1 is 0.972 bits per heavy atom. The van der Waals surface area contributed by atoms with Crippen molar-refractivity contribution in [2.24, 2.45) is 0 Å². The maximum atomic E-state index is 13.3. The number of nitrogens with zero attached hydrogens (tertiary/aromatic N) is 2. The number of likely N-dealkylation sites (tertiary alicyclic amines) is 1. The Balaban J connectivity index is 2.20. The number of hydrogen-bond donors (Lipinski definition) is 1. The number of aliphatic hydroxyl groups is 1. The Hall–Kier alpha value is -3.12. The van der Waals surface area contributed by atoms with Gasteiger partial charge in [0, 0.05) is 24.2 Å². The Morgan fingerprint density at radius 3 is 2.08 bits per heavy atom. The molecule has 0 bridgehead atoms. The molecular formula is C30H40N2O4. The fourth-order valence-electron chi connectivity index (χ4n) is 4.53. The fraction of sp³-hybridized carbons (Fsp3) is 0.467. The van der Waals surface area contributed by atoms with Gasteiger partial charge in [0.2, 0.25) is 0 Å². The topological polar surface area (TPSA) is 70.1 Å². The first-order valence-corrected chi connectivity index (χ1v) is 12.4. The minimum Gasteiger partial charge on any atom is -0.507 e. The molecule has 1 heterocycles. The fourth-order valence-corrected chi connectivity index (χ4v) is 4.53. The highest BCUT2D eigenvalue weighted by atomic mass is 16.5. The zero-order chi connectivity index (χ0) is 27.0. The molecule has 6 heteroatoms. The van der Waals surface area contributed by atoms with Crippen molar-refractivity contribution in [3.8, 4) is 5.75 Å². The Morgan fingerprint density at radius 2 is 1.58 bits per heavy atom. The zero-order valence-electron chi connectivity index (χ0n) is 23.1. The summed E-state index contributed by atoms with van der Waals surface area (Å²) in [6.45, 7) is 13.6. The SMILES string of the molecule is COc1ccc(/C(O)=C2/C(=O)C(=O)N(CCN(C)C)C2c2ccc(C(C)(C)C)cc2)cc1C(C)(C)C. The van der Waals surface area contributed by atoms with Crippen LogP contribution in [0.15, 0.2) is 48.0 Å². The van der Waals surface area contributed by atoms with Crippen molar-refractivity contribution in [2.45, 2.75) is 58.4 Å². The molecule has 36 heavy (non-hydrogen) atoms. The first kappa shape index (κ1) is 27.5. The molecular weight excluding hydrogens is 452 g/mol. The van der Waals surface area contributed by atoms with Crippen molar-refractivity contribution in [3.05, 3.63) is 70.3 Å². The van der Waals surface area contributed by atoms with E-state index < -0.39 is 17.7 Å². The van der Waals surface area contributed by atoms with Crippen LogP contribution in [0.25, 0.3) is 5.76 Å². The number of amides is 1. The van der Waals surface area contributed by atoms with Gasteiger partial charge in [0.15, 0.2) is 0 Å². The molecule has 0 radical (unpaired) electrons. The van der Waals surface area contributed by atoms with Gasteiger partial charge in [0.25, 0.3) is 11.7 Å².